The van der Waals surface area contributed by atoms with Gasteiger partial charge in [0, 0.05) is 55.8 Å². The topological polar surface area (TPSA) is 145 Å². The molecule has 3 rings (SSSR count). The summed E-state index contributed by atoms with van der Waals surface area (Å²) in [6.45, 7) is 2.65. The molecule has 1 fully saturated rings. The van der Waals surface area contributed by atoms with Crippen LogP contribution in [0, 0.1) is 0 Å². The Morgan fingerprint density at radius 2 is 1.15 bits per heavy atom. The van der Waals surface area contributed by atoms with Gasteiger partial charge in [0.2, 0.25) is 0 Å². The van der Waals surface area contributed by atoms with Gasteiger partial charge >= 0.3 is 15.2 Å². The van der Waals surface area contributed by atoms with Gasteiger partial charge < -0.3 is 24.7 Å². The molecule has 0 amide bonds. The Kier molecular flexibility index (Phi) is 9.50. The summed E-state index contributed by atoms with van der Waals surface area (Å²) in [4.78, 5) is 43.0. The van der Waals surface area contributed by atoms with E-state index in [0.717, 1.165) is 15.6 Å². The molecule has 188 valence electrons. The number of hydrogen-bond donors (Lipinski definition) is 5. The lowest BCUT2D eigenvalue weighted by molar-refractivity contribution is 0.215. The number of aromatic hydroxyl groups is 1. The summed E-state index contributed by atoms with van der Waals surface area (Å²) in [7, 11) is -8.58. The SMILES string of the molecule is O=P(O)(O)CN1CCN(Cc2cc(-c3ccc(Br)cc3)ccc2O)CCN(CP(=O)(O)O)CC1. The quantitative estimate of drug-likeness (QED) is 0.311. The first-order valence-electron chi connectivity index (χ1n) is 10.7. The van der Waals surface area contributed by atoms with Crippen LogP contribution in [-0.4, -0.2) is 91.2 Å². The maximum atomic E-state index is 11.6. The molecule has 0 bridgehead atoms. The fourth-order valence-electron chi connectivity index (χ4n) is 3.92. The van der Waals surface area contributed by atoms with Crippen LogP contribution in [0.3, 0.4) is 0 Å². The van der Waals surface area contributed by atoms with Crippen molar-refractivity contribution in [2.75, 3.05) is 51.8 Å². The maximum absolute atomic E-state index is 11.6. The van der Waals surface area contributed by atoms with E-state index in [1.54, 1.807) is 15.9 Å². The van der Waals surface area contributed by atoms with E-state index < -0.39 is 27.8 Å². The summed E-state index contributed by atoms with van der Waals surface area (Å²) in [6.07, 6.45) is -0.843. The summed E-state index contributed by atoms with van der Waals surface area (Å²) in [5.41, 5.74) is 2.63. The van der Waals surface area contributed by atoms with Crippen LogP contribution in [0.4, 0.5) is 0 Å². The van der Waals surface area contributed by atoms with Crippen molar-refractivity contribution < 1.29 is 33.8 Å². The molecule has 34 heavy (non-hydrogen) atoms. The van der Waals surface area contributed by atoms with Crippen molar-refractivity contribution in [1.82, 2.24) is 14.7 Å². The van der Waals surface area contributed by atoms with Crippen LogP contribution in [0.5, 0.6) is 5.75 Å². The molecule has 1 heterocycles. The van der Waals surface area contributed by atoms with Crippen molar-refractivity contribution in [2.24, 2.45) is 0 Å². The summed E-state index contributed by atoms with van der Waals surface area (Å²) < 4.78 is 24.1. The lowest BCUT2D eigenvalue weighted by Crippen LogP contribution is -2.36. The standard InChI is InChI=1S/C21H30BrN3O7P2/c22-20-4-1-17(2-5-20)18-3-6-21(26)19(13-18)14-23-7-9-24(15-33(27,28)29)11-12-25(10-8-23)16-34(30,31)32/h1-6,13,26H,7-12,14-16H2,(H2,27,28,29)(H2,30,31,32). The van der Waals surface area contributed by atoms with Crippen molar-refractivity contribution >= 4 is 31.1 Å². The van der Waals surface area contributed by atoms with E-state index in [4.69, 9.17) is 0 Å². The van der Waals surface area contributed by atoms with E-state index in [1.165, 1.54) is 0 Å². The second-order valence-corrected chi connectivity index (χ2v) is 12.6. The molecule has 2 aromatic rings. The Morgan fingerprint density at radius 3 is 1.62 bits per heavy atom. The highest BCUT2D eigenvalue weighted by molar-refractivity contribution is 9.10. The molecule has 13 heteroatoms. The predicted octanol–water partition coefficient (Wildman–Crippen LogP) is 2.51. The molecule has 0 aliphatic carbocycles. The Hall–Kier alpha value is -1.10. The van der Waals surface area contributed by atoms with Crippen LogP contribution in [-0.2, 0) is 15.7 Å². The van der Waals surface area contributed by atoms with E-state index >= 15 is 0 Å². The predicted molar refractivity (Wildman–Crippen MR) is 133 cm³/mol. The minimum atomic E-state index is -4.29. The van der Waals surface area contributed by atoms with Crippen molar-refractivity contribution in [1.29, 1.82) is 0 Å². The monoisotopic (exact) mass is 577 g/mol. The highest BCUT2D eigenvalue weighted by Crippen LogP contribution is 2.37. The van der Waals surface area contributed by atoms with Crippen LogP contribution < -0.4 is 0 Å². The lowest BCUT2D eigenvalue weighted by Gasteiger charge is -2.26. The summed E-state index contributed by atoms with van der Waals surface area (Å²) in [5, 5.41) is 10.5. The Morgan fingerprint density at radius 1 is 0.706 bits per heavy atom. The first-order chi connectivity index (χ1) is 15.9. The number of hydrogen-bond acceptors (Lipinski definition) is 6. The van der Waals surface area contributed by atoms with Crippen molar-refractivity contribution in [3.05, 3.63) is 52.5 Å². The van der Waals surface area contributed by atoms with E-state index in [0.29, 0.717) is 38.3 Å². The molecule has 10 nitrogen and oxygen atoms in total. The van der Waals surface area contributed by atoms with Crippen molar-refractivity contribution in [2.45, 2.75) is 6.54 Å². The summed E-state index contributed by atoms with van der Waals surface area (Å²) in [5.74, 6) is 0.139. The average Bonchev–Trinajstić information content (AvgIpc) is 2.80. The number of nitrogens with zero attached hydrogens (tertiary/aromatic N) is 3. The first-order valence-corrected chi connectivity index (χ1v) is 15.1. The van der Waals surface area contributed by atoms with Gasteiger partial charge in [-0.05, 0) is 35.4 Å². The van der Waals surface area contributed by atoms with Crippen LogP contribution in [0.15, 0.2) is 46.9 Å². The number of phenols is 1. The smallest absolute Gasteiger partial charge is 0.339 e. The second-order valence-electron chi connectivity index (χ2n) is 8.47. The third-order valence-corrected chi connectivity index (χ3v) is 7.68. The molecule has 0 aromatic heterocycles. The first kappa shape index (κ1) is 27.5. The maximum Gasteiger partial charge on any atom is 0.339 e. The van der Waals surface area contributed by atoms with E-state index in [9.17, 15) is 33.8 Å². The minimum absolute atomic E-state index is 0.139. The number of phenolic OH excluding ortho intramolecular Hbond substituents is 1. The molecule has 0 spiro atoms. The molecule has 2 aromatic carbocycles. The molecule has 1 aliphatic rings. The number of benzene rings is 2. The van der Waals surface area contributed by atoms with E-state index in [2.05, 4.69) is 15.9 Å². The largest absolute Gasteiger partial charge is 0.508 e. The fourth-order valence-corrected chi connectivity index (χ4v) is 5.79. The van der Waals surface area contributed by atoms with Gasteiger partial charge in [0.25, 0.3) is 0 Å². The zero-order chi connectivity index (χ0) is 24.9. The van der Waals surface area contributed by atoms with Gasteiger partial charge in [0.1, 0.15) is 18.3 Å². The van der Waals surface area contributed by atoms with Gasteiger partial charge in [-0.1, -0.05) is 34.1 Å². The highest BCUT2D eigenvalue weighted by Gasteiger charge is 2.25. The number of halogens is 1. The Bertz CT molecular complexity index is 1020. The normalized spacial score (nSPS) is 17.8. The molecule has 5 N–H and O–H groups in total. The third-order valence-electron chi connectivity index (χ3n) is 5.62. The van der Waals surface area contributed by atoms with Gasteiger partial charge in [-0.25, -0.2) is 0 Å². The van der Waals surface area contributed by atoms with Crippen LogP contribution >= 0.6 is 31.1 Å². The summed E-state index contributed by atoms with van der Waals surface area (Å²) >= 11 is 3.42. The molecule has 0 radical (unpaired) electrons. The van der Waals surface area contributed by atoms with Crippen LogP contribution in [0.2, 0.25) is 0 Å². The summed E-state index contributed by atoms with van der Waals surface area (Å²) in [6, 6.07) is 13.2. The van der Waals surface area contributed by atoms with Crippen LogP contribution in [0.1, 0.15) is 5.56 Å². The van der Waals surface area contributed by atoms with Gasteiger partial charge in [-0.15, -0.1) is 0 Å². The lowest BCUT2D eigenvalue weighted by atomic mass is 10.0. The van der Waals surface area contributed by atoms with E-state index in [1.807, 2.05) is 41.3 Å². The molecule has 0 saturated carbocycles. The van der Waals surface area contributed by atoms with Crippen molar-refractivity contribution in [3.63, 3.8) is 0 Å². The number of rotatable bonds is 7. The molecule has 1 aliphatic heterocycles. The molecular weight excluding hydrogens is 548 g/mol. The second kappa shape index (κ2) is 11.8. The van der Waals surface area contributed by atoms with Gasteiger partial charge in [0.05, 0.1) is 0 Å². The zero-order valence-corrected chi connectivity index (χ0v) is 21.9. The van der Waals surface area contributed by atoms with Gasteiger partial charge in [0.15, 0.2) is 0 Å². The van der Waals surface area contributed by atoms with Crippen LogP contribution in [0.25, 0.3) is 11.1 Å². The third kappa shape index (κ3) is 9.17. The Balaban J connectivity index is 1.80. The van der Waals surface area contributed by atoms with Crippen molar-refractivity contribution in [3.8, 4) is 16.9 Å². The fraction of sp³-hybridized carbons (Fsp3) is 0.429. The molecule has 0 unspecified atom stereocenters. The van der Waals surface area contributed by atoms with Gasteiger partial charge in [-0.3, -0.25) is 23.8 Å². The minimum Gasteiger partial charge on any atom is -0.508 e. The average molecular weight is 578 g/mol. The zero-order valence-electron chi connectivity index (χ0n) is 18.6. The Labute approximate surface area is 207 Å². The van der Waals surface area contributed by atoms with Gasteiger partial charge in [-0.2, -0.15) is 0 Å². The molecule has 1 saturated heterocycles. The molecular formula is C21H30BrN3O7P2. The van der Waals surface area contributed by atoms with E-state index in [-0.39, 0.29) is 18.8 Å². The highest BCUT2D eigenvalue weighted by atomic mass is 79.9. The molecule has 0 atom stereocenters.